The molecule has 0 amide bonds. The minimum absolute atomic E-state index is 0.319. The molecule has 1 aromatic rings. The molecule has 0 aromatic heterocycles. The van der Waals surface area contributed by atoms with E-state index >= 15 is 0 Å². The van der Waals surface area contributed by atoms with Gasteiger partial charge in [0.2, 0.25) is 10.0 Å². The van der Waals surface area contributed by atoms with Crippen molar-refractivity contribution in [1.82, 2.24) is 4.31 Å². The zero-order valence-corrected chi connectivity index (χ0v) is 11.9. The van der Waals surface area contributed by atoms with Crippen molar-refractivity contribution in [3.63, 3.8) is 0 Å². The fourth-order valence-electron chi connectivity index (χ4n) is 2.27. The van der Waals surface area contributed by atoms with E-state index in [9.17, 15) is 8.42 Å². The van der Waals surface area contributed by atoms with Gasteiger partial charge in [0, 0.05) is 13.1 Å². The maximum Gasteiger partial charge on any atom is 0.214 e. The second-order valence-corrected chi connectivity index (χ2v) is 7.30. The summed E-state index contributed by atoms with van der Waals surface area (Å²) in [6.07, 6.45) is 1.58. The van der Waals surface area contributed by atoms with Gasteiger partial charge in [0.25, 0.3) is 0 Å². The quantitative estimate of drug-likeness (QED) is 0.840. The second-order valence-electron chi connectivity index (χ2n) is 5.21. The molecular formula is C14H21NO2S. The van der Waals surface area contributed by atoms with Crippen LogP contribution in [0.25, 0.3) is 0 Å². The van der Waals surface area contributed by atoms with E-state index in [0.29, 0.717) is 24.8 Å². The Morgan fingerprint density at radius 2 is 1.89 bits per heavy atom. The summed E-state index contributed by atoms with van der Waals surface area (Å²) in [5.41, 5.74) is 2.54. The minimum atomic E-state index is -2.95. The molecule has 100 valence electrons. The van der Waals surface area contributed by atoms with E-state index in [1.54, 1.807) is 4.31 Å². The Labute approximate surface area is 110 Å². The number of hydrogen-bond donors (Lipinski definition) is 0. The number of benzene rings is 1. The normalized spacial score (nSPS) is 19.5. The summed E-state index contributed by atoms with van der Waals surface area (Å²) in [5.74, 6) is 0.859. The number of sulfonamides is 1. The van der Waals surface area contributed by atoms with Crippen molar-refractivity contribution >= 4 is 10.0 Å². The van der Waals surface area contributed by atoms with Crippen molar-refractivity contribution < 1.29 is 8.42 Å². The molecule has 0 radical (unpaired) electrons. The van der Waals surface area contributed by atoms with Crippen LogP contribution in [0, 0.1) is 0 Å². The summed E-state index contributed by atoms with van der Waals surface area (Å²) in [4.78, 5) is 0. The monoisotopic (exact) mass is 267 g/mol. The maximum atomic E-state index is 11.7. The lowest BCUT2D eigenvalue weighted by molar-refractivity contribution is 0.447. The van der Waals surface area contributed by atoms with Gasteiger partial charge in [0.05, 0.1) is 5.75 Å². The molecule has 1 heterocycles. The van der Waals surface area contributed by atoms with E-state index in [4.69, 9.17) is 0 Å². The van der Waals surface area contributed by atoms with Crippen LogP contribution in [0.4, 0.5) is 0 Å². The summed E-state index contributed by atoms with van der Waals surface area (Å²) < 4.78 is 24.9. The summed E-state index contributed by atoms with van der Waals surface area (Å²) >= 11 is 0. The number of nitrogens with zero attached hydrogens (tertiary/aromatic N) is 1. The molecule has 1 aromatic carbocycles. The molecule has 0 aliphatic carbocycles. The van der Waals surface area contributed by atoms with Gasteiger partial charge in [-0.3, -0.25) is 0 Å². The number of hydrogen-bond acceptors (Lipinski definition) is 2. The molecule has 2 rings (SSSR count). The van der Waals surface area contributed by atoms with Crippen molar-refractivity contribution in [1.29, 1.82) is 0 Å². The first-order valence-electron chi connectivity index (χ1n) is 6.56. The molecule has 0 bridgehead atoms. The summed E-state index contributed by atoms with van der Waals surface area (Å²) in [7, 11) is -2.95. The first-order chi connectivity index (χ1) is 8.49. The Morgan fingerprint density at radius 1 is 1.22 bits per heavy atom. The van der Waals surface area contributed by atoms with Gasteiger partial charge in [-0.2, -0.15) is 0 Å². The van der Waals surface area contributed by atoms with E-state index < -0.39 is 10.0 Å². The molecule has 1 aliphatic heterocycles. The van der Waals surface area contributed by atoms with Gasteiger partial charge in [-0.15, -0.1) is 0 Å². The highest BCUT2D eigenvalue weighted by atomic mass is 32.2. The average molecular weight is 267 g/mol. The molecule has 0 atom stereocenters. The van der Waals surface area contributed by atoms with Gasteiger partial charge in [0.1, 0.15) is 0 Å². The number of rotatable bonds is 4. The lowest BCUT2D eigenvalue weighted by Gasteiger charge is -2.14. The summed E-state index contributed by atoms with van der Waals surface area (Å²) in [6.45, 7) is 5.65. The van der Waals surface area contributed by atoms with E-state index in [1.165, 1.54) is 11.1 Å². The fraction of sp³-hybridized carbons (Fsp3) is 0.571. The summed E-state index contributed by atoms with van der Waals surface area (Å²) in [6, 6.07) is 8.49. The van der Waals surface area contributed by atoms with Crippen molar-refractivity contribution in [2.24, 2.45) is 0 Å². The van der Waals surface area contributed by atoms with Crippen LogP contribution in [-0.4, -0.2) is 31.6 Å². The minimum Gasteiger partial charge on any atom is -0.212 e. The molecular weight excluding hydrogens is 246 g/mol. The van der Waals surface area contributed by atoms with Crippen LogP contribution in [0.1, 0.15) is 37.3 Å². The molecule has 1 aliphatic rings. The summed E-state index contributed by atoms with van der Waals surface area (Å²) in [5, 5.41) is 0. The molecule has 0 unspecified atom stereocenters. The smallest absolute Gasteiger partial charge is 0.212 e. The van der Waals surface area contributed by atoms with Crippen LogP contribution in [0.15, 0.2) is 24.3 Å². The molecule has 0 N–H and O–H groups in total. The Balaban J connectivity index is 1.94. The van der Waals surface area contributed by atoms with Crippen LogP contribution in [0.2, 0.25) is 0 Å². The lowest BCUT2D eigenvalue weighted by Crippen LogP contribution is -2.27. The third-order valence-corrected chi connectivity index (χ3v) is 5.46. The molecule has 3 nitrogen and oxygen atoms in total. The molecule has 18 heavy (non-hydrogen) atoms. The van der Waals surface area contributed by atoms with Crippen LogP contribution < -0.4 is 0 Å². The largest absolute Gasteiger partial charge is 0.214 e. The van der Waals surface area contributed by atoms with Gasteiger partial charge in [-0.1, -0.05) is 38.1 Å². The predicted molar refractivity (Wildman–Crippen MR) is 74.2 cm³/mol. The lowest BCUT2D eigenvalue weighted by atomic mass is 10.0. The van der Waals surface area contributed by atoms with Gasteiger partial charge in [-0.05, 0) is 29.9 Å². The standard InChI is InChI=1S/C14H21NO2S/c1-12(2)14-6-4-13(5-7-14)8-10-15-9-3-11-18(15,16)17/h4-7,12H,3,8-11H2,1-2H3. The highest BCUT2D eigenvalue weighted by Crippen LogP contribution is 2.17. The van der Waals surface area contributed by atoms with Crippen LogP contribution in [0.5, 0.6) is 0 Å². The Kier molecular flexibility index (Phi) is 4.07. The fourth-order valence-corrected chi connectivity index (χ4v) is 3.79. The van der Waals surface area contributed by atoms with Gasteiger partial charge in [-0.25, -0.2) is 12.7 Å². The SMILES string of the molecule is CC(C)c1ccc(CCN2CCCS2(=O)=O)cc1. The van der Waals surface area contributed by atoms with Gasteiger partial charge < -0.3 is 0 Å². The molecule has 1 fully saturated rings. The van der Waals surface area contributed by atoms with Crippen LogP contribution in [0.3, 0.4) is 0 Å². The highest BCUT2D eigenvalue weighted by molar-refractivity contribution is 7.89. The maximum absolute atomic E-state index is 11.7. The Morgan fingerprint density at radius 3 is 2.39 bits per heavy atom. The Hall–Kier alpha value is -0.870. The van der Waals surface area contributed by atoms with Gasteiger partial charge in [0.15, 0.2) is 0 Å². The third kappa shape index (κ3) is 3.12. The topological polar surface area (TPSA) is 37.4 Å². The third-order valence-electron chi connectivity index (χ3n) is 3.50. The zero-order valence-electron chi connectivity index (χ0n) is 11.1. The van der Waals surface area contributed by atoms with Crippen LogP contribution >= 0.6 is 0 Å². The van der Waals surface area contributed by atoms with Crippen molar-refractivity contribution in [2.75, 3.05) is 18.8 Å². The molecule has 1 saturated heterocycles. The Bertz CT molecular complexity index is 491. The van der Waals surface area contributed by atoms with Crippen molar-refractivity contribution in [3.05, 3.63) is 35.4 Å². The highest BCUT2D eigenvalue weighted by Gasteiger charge is 2.27. The van der Waals surface area contributed by atoms with E-state index in [0.717, 1.165) is 12.8 Å². The zero-order chi connectivity index (χ0) is 13.2. The first-order valence-corrected chi connectivity index (χ1v) is 8.16. The van der Waals surface area contributed by atoms with Crippen molar-refractivity contribution in [3.8, 4) is 0 Å². The molecule has 0 spiro atoms. The molecule has 0 saturated carbocycles. The molecule has 4 heteroatoms. The van der Waals surface area contributed by atoms with Crippen LogP contribution in [-0.2, 0) is 16.4 Å². The predicted octanol–water partition coefficient (Wildman–Crippen LogP) is 2.39. The van der Waals surface area contributed by atoms with E-state index in [2.05, 4.69) is 38.1 Å². The average Bonchev–Trinajstić information content (AvgIpc) is 2.66. The van der Waals surface area contributed by atoms with Gasteiger partial charge >= 0.3 is 0 Å². The van der Waals surface area contributed by atoms with Crippen molar-refractivity contribution in [2.45, 2.75) is 32.6 Å². The second kappa shape index (κ2) is 5.41. The van der Waals surface area contributed by atoms with E-state index in [1.807, 2.05) is 0 Å². The first kappa shape index (κ1) is 13.6. The van der Waals surface area contributed by atoms with E-state index in [-0.39, 0.29) is 0 Å².